The second-order valence-corrected chi connectivity index (χ2v) is 7.13. The van der Waals surface area contributed by atoms with Gasteiger partial charge in [-0.15, -0.1) is 0 Å². The third kappa shape index (κ3) is 4.14. The van der Waals surface area contributed by atoms with Gasteiger partial charge in [-0.25, -0.2) is 19.3 Å². The normalized spacial score (nSPS) is 18.4. The first-order valence-corrected chi connectivity index (χ1v) is 9.30. The first-order chi connectivity index (χ1) is 14.4. The Kier molecular flexibility index (Phi) is 5.42. The lowest BCUT2D eigenvalue weighted by Crippen LogP contribution is -2.33. The fraction of sp³-hybridized carbons (Fsp3) is 0.211. The van der Waals surface area contributed by atoms with Crippen molar-refractivity contribution in [1.29, 1.82) is 0 Å². The fourth-order valence-electron chi connectivity index (χ4n) is 3.09. The maximum absolute atomic E-state index is 13.8. The van der Waals surface area contributed by atoms with Gasteiger partial charge in [-0.1, -0.05) is 11.6 Å². The van der Waals surface area contributed by atoms with E-state index in [9.17, 15) is 14.3 Å². The van der Waals surface area contributed by atoms with Crippen molar-refractivity contribution in [2.45, 2.75) is 6.04 Å². The Hall–Kier alpha value is -3.37. The van der Waals surface area contributed by atoms with Crippen molar-refractivity contribution < 1.29 is 19.0 Å². The lowest BCUT2D eigenvalue weighted by atomic mass is 10.1. The van der Waals surface area contributed by atoms with Crippen LogP contribution in [-0.4, -0.2) is 50.1 Å². The number of halogens is 2. The van der Waals surface area contributed by atoms with E-state index in [0.29, 0.717) is 29.6 Å². The molecule has 11 heteroatoms. The Labute approximate surface area is 175 Å². The van der Waals surface area contributed by atoms with E-state index in [-0.39, 0.29) is 17.4 Å². The minimum absolute atomic E-state index is 0.175. The molecule has 154 valence electrons. The van der Waals surface area contributed by atoms with Gasteiger partial charge in [-0.05, 0) is 30.3 Å². The number of carbonyl (C=O) groups is 1. The smallest absolute Gasteiger partial charge is 0.309 e. The highest BCUT2D eigenvalue weighted by molar-refractivity contribution is 6.30. The molecule has 0 bridgehead atoms. The van der Waals surface area contributed by atoms with Crippen LogP contribution in [0.3, 0.4) is 0 Å². The number of hydrogen-bond donors (Lipinski definition) is 2. The first-order valence-electron chi connectivity index (χ1n) is 8.92. The van der Waals surface area contributed by atoms with Crippen LogP contribution in [0.5, 0.6) is 11.6 Å². The zero-order chi connectivity index (χ0) is 21.3. The molecule has 3 aromatic rings. The van der Waals surface area contributed by atoms with E-state index in [1.807, 2.05) is 0 Å². The molecule has 0 aliphatic carbocycles. The molecule has 1 aliphatic rings. The molecule has 4 rings (SSSR count). The number of ether oxygens (including phenoxy) is 1. The molecule has 0 saturated carbocycles. The number of benzene rings is 1. The summed E-state index contributed by atoms with van der Waals surface area (Å²) in [5, 5.41) is 9.41. The summed E-state index contributed by atoms with van der Waals surface area (Å²) in [4.78, 5) is 29.5. The number of nitrogens with two attached hydrogens (primary N) is 1. The summed E-state index contributed by atoms with van der Waals surface area (Å²) in [7, 11) is 0. The van der Waals surface area contributed by atoms with Gasteiger partial charge in [0.1, 0.15) is 12.1 Å². The quantitative estimate of drug-likeness (QED) is 0.626. The van der Waals surface area contributed by atoms with Crippen LogP contribution in [0.15, 0.2) is 42.9 Å². The highest BCUT2D eigenvalue weighted by Crippen LogP contribution is 2.27. The lowest BCUT2D eigenvalue weighted by Gasteiger charge is -2.15. The molecule has 3 heterocycles. The third-order valence-electron chi connectivity index (χ3n) is 4.63. The highest BCUT2D eigenvalue weighted by Gasteiger charge is 2.36. The van der Waals surface area contributed by atoms with Gasteiger partial charge >= 0.3 is 5.97 Å². The van der Waals surface area contributed by atoms with Crippen LogP contribution in [0.1, 0.15) is 0 Å². The molecule has 1 aliphatic heterocycles. The fourth-order valence-corrected chi connectivity index (χ4v) is 3.24. The summed E-state index contributed by atoms with van der Waals surface area (Å²) in [6.45, 7) is 0.569. The van der Waals surface area contributed by atoms with Gasteiger partial charge in [0.15, 0.2) is 11.6 Å². The van der Waals surface area contributed by atoms with Crippen molar-refractivity contribution in [3.63, 3.8) is 0 Å². The zero-order valence-electron chi connectivity index (χ0n) is 15.4. The van der Waals surface area contributed by atoms with E-state index in [1.165, 1.54) is 12.5 Å². The number of hydrogen-bond acceptors (Lipinski definition) is 8. The SMILES string of the molecule is N[C@H]1CN(c2ncnc(-c3ccc(Oc4ncc(Cl)cc4F)cc3)n2)C[C@H]1C(=O)O. The van der Waals surface area contributed by atoms with E-state index in [0.717, 1.165) is 6.07 Å². The van der Waals surface area contributed by atoms with Crippen molar-refractivity contribution in [2.24, 2.45) is 11.7 Å². The van der Waals surface area contributed by atoms with Crippen LogP contribution in [0.4, 0.5) is 10.3 Å². The number of anilines is 1. The number of aliphatic carboxylic acids is 1. The molecule has 1 fully saturated rings. The Balaban J connectivity index is 1.51. The molecule has 0 spiro atoms. The van der Waals surface area contributed by atoms with E-state index < -0.39 is 23.7 Å². The summed E-state index contributed by atoms with van der Waals surface area (Å²) < 4.78 is 19.3. The molecule has 2 atom stereocenters. The second-order valence-electron chi connectivity index (χ2n) is 6.69. The highest BCUT2D eigenvalue weighted by atomic mass is 35.5. The summed E-state index contributed by atoms with van der Waals surface area (Å²) in [5.41, 5.74) is 6.58. The first kappa shape index (κ1) is 19.9. The molecule has 3 N–H and O–H groups in total. The maximum atomic E-state index is 13.8. The number of pyridine rings is 1. The van der Waals surface area contributed by atoms with Gasteiger partial charge in [-0.2, -0.15) is 4.98 Å². The number of carboxylic acids is 1. The predicted octanol–water partition coefficient (Wildman–Crippen LogP) is 2.37. The molecule has 30 heavy (non-hydrogen) atoms. The summed E-state index contributed by atoms with van der Waals surface area (Å²) in [6.07, 6.45) is 2.65. The van der Waals surface area contributed by atoms with Crippen molar-refractivity contribution in [3.05, 3.63) is 53.7 Å². The minimum atomic E-state index is -0.943. The molecule has 0 amide bonds. The standard InChI is InChI=1S/C19H16ClFN6O3/c20-11-5-14(21)17(23-6-11)30-12-3-1-10(2-4-12)16-24-9-25-19(26-16)27-7-13(18(28)29)15(22)8-27/h1-6,9,13,15H,7-8,22H2,(H,28,29)/t13-,15+/m1/s1. The Morgan fingerprint density at radius 2 is 2.00 bits per heavy atom. The van der Waals surface area contributed by atoms with Crippen LogP contribution in [-0.2, 0) is 4.79 Å². The maximum Gasteiger partial charge on any atom is 0.309 e. The lowest BCUT2D eigenvalue weighted by molar-refractivity contribution is -0.141. The molecule has 0 unspecified atom stereocenters. The van der Waals surface area contributed by atoms with Gasteiger partial charge in [0.05, 0.1) is 10.9 Å². The average Bonchev–Trinajstić information content (AvgIpc) is 3.13. The number of nitrogens with zero attached hydrogens (tertiary/aromatic N) is 5. The number of rotatable bonds is 5. The Morgan fingerprint density at radius 3 is 2.67 bits per heavy atom. The molecule has 0 radical (unpaired) electrons. The van der Waals surface area contributed by atoms with Gasteiger partial charge in [-0.3, -0.25) is 4.79 Å². The third-order valence-corrected chi connectivity index (χ3v) is 4.83. The molecular formula is C19H16ClFN6O3. The van der Waals surface area contributed by atoms with Gasteiger partial charge < -0.3 is 20.5 Å². The molecule has 1 aromatic carbocycles. The number of carboxylic acid groups (broad SMARTS) is 1. The van der Waals surface area contributed by atoms with E-state index in [2.05, 4.69) is 19.9 Å². The predicted molar refractivity (Wildman–Crippen MR) is 106 cm³/mol. The van der Waals surface area contributed by atoms with Crippen molar-refractivity contribution in [1.82, 2.24) is 19.9 Å². The van der Waals surface area contributed by atoms with E-state index >= 15 is 0 Å². The summed E-state index contributed by atoms with van der Waals surface area (Å²) in [5.74, 6) is -1.35. The molecule has 1 saturated heterocycles. The van der Waals surface area contributed by atoms with E-state index in [1.54, 1.807) is 29.2 Å². The second kappa shape index (κ2) is 8.17. The topological polar surface area (TPSA) is 127 Å². The van der Waals surface area contributed by atoms with Crippen LogP contribution in [0.25, 0.3) is 11.4 Å². The number of aromatic nitrogens is 4. The van der Waals surface area contributed by atoms with Crippen molar-refractivity contribution in [3.8, 4) is 23.0 Å². The van der Waals surface area contributed by atoms with Crippen LogP contribution < -0.4 is 15.4 Å². The van der Waals surface area contributed by atoms with Gasteiger partial charge in [0, 0.05) is 30.9 Å². The van der Waals surface area contributed by atoms with Gasteiger partial charge in [0.25, 0.3) is 5.88 Å². The Morgan fingerprint density at radius 1 is 1.23 bits per heavy atom. The summed E-state index contributed by atoms with van der Waals surface area (Å²) >= 11 is 5.68. The van der Waals surface area contributed by atoms with Crippen molar-refractivity contribution in [2.75, 3.05) is 18.0 Å². The molecular weight excluding hydrogens is 415 g/mol. The van der Waals surface area contributed by atoms with Crippen LogP contribution in [0, 0.1) is 11.7 Å². The average molecular weight is 431 g/mol. The molecule has 9 nitrogen and oxygen atoms in total. The Bertz CT molecular complexity index is 1080. The summed E-state index contributed by atoms with van der Waals surface area (Å²) in [6, 6.07) is 7.28. The van der Waals surface area contributed by atoms with E-state index in [4.69, 9.17) is 22.1 Å². The zero-order valence-corrected chi connectivity index (χ0v) is 16.2. The van der Waals surface area contributed by atoms with Crippen LogP contribution >= 0.6 is 11.6 Å². The molecule has 2 aromatic heterocycles. The van der Waals surface area contributed by atoms with Crippen molar-refractivity contribution >= 4 is 23.5 Å². The van der Waals surface area contributed by atoms with Gasteiger partial charge in [0.2, 0.25) is 5.95 Å². The van der Waals surface area contributed by atoms with Crippen LogP contribution in [0.2, 0.25) is 5.02 Å². The largest absolute Gasteiger partial charge is 0.481 e. The minimum Gasteiger partial charge on any atom is -0.481 e. The monoisotopic (exact) mass is 430 g/mol.